The average molecular weight is 531 g/mol. The predicted octanol–water partition coefficient (Wildman–Crippen LogP) is 7.00. The summed E-state index contributed by atoms with van der Waals surface area (Å²) in [5.74, 6) is 0.604. The Balaban J connectivity index is 1.32. The van der Waals surface area contributed by atoms with Crippen molar-refractivity contribution >= 4 is 28.0 Å². The summed E-state index contributed by atoms with van der Waals surface area (Å²) in [7, 11) is 2.08. The van der Waals surface area contributed by atoms with Crippen LogP contribution < -0.4 is 0 Å². The third-order valence-electron chi connectivity index (χ3n) is 8.05. The maximum absolute atomic E-state index is 11.7. The van der Waals surface area contributed by atoms with Crippen LogP contribution in [0.4, 0.5) is 0 Å². The summed E-state index contributed by atoms with van der Waals surface area (Å²) in [6.45, 7) is 5.15. The van der Waals surface area contributed by atoms with E-state index in [1.54, 1.807) is 6.08 Å². The number of para-hydroxylation sites is 2. The second-order valence-corrected chi connectivity index (χ2v) is 10.7. The van der Waals surface area contributed by atoms with Gasteiger partial charge in [0.25, 0.3) is 0 Å². The lowest BCUT2D eigenvalue weighted by molar-refractivity contribution is -0.140. The van der Waals surface area contributed by atoms with Crippen molar-refractivity contribution in [3.05, 3.63) is 107 Å². The van der Waals surface area contributed by atoms with Crippen molar-refractivity contribution in [2.75, 3.05) is 0 Å². The summed E-state index contributed by atoms with van der Waals surface area (Å²) in [4.78, 5) is 21.8. The summed E-state index contributed by atoms with van der Waals surface area (Å²) in [5, 5.41) is 9.64. The summed E-state index contributed by atoms with van der Waals surface area (Å²) < 4.78 is 4.54. The van der Waals surface area contributed by atoms with Crippen LogP contribution in [0, 0.1) is 12.8 Å². The van der Waals surface area contributed by atoms with Crippen LogP contribution in [0.15, 0.2) is 85.0 Å². The summed E-state index contributed by atoms with van der Waals surface area (Å²) in [5.41, 5.74) is 8.81. The van der Waals surface area contributed by atoms with Crippen LogP contribution in [0.1, 0.15) is 41.8 Å². The molecular weight excluding hydrogens is 496 g/mol. The Labute approximate surface area is 234 Å². The van der Waals surface area contributed by atoms with Gasteiger partial charge >= 0.3 is 5.97 Å². The van der Waals surface area contributed by atoms with E-state index in [9.17, 15) is 9.90 Å². The molecule has 0 bridgehead atoms. The first-order chi connectivity index (χ1) is 19.4. The molecule has 2 unspecified atom stereocenters. The number of carboxylic acids is 1. The average Bonchev–Trinajstić information content (AvgIpc) is 3.50. The summed E-state index contributed by atoms with van der Waals surface area (Å²) in [6.07, 6.45) is 10.3. The van der Waals surface area contributed by atoms with E-state index in [-0.39, 0.29) is 5.92 Å². The molecule has 202 valence electrons. The van der Waals surface area contributed by atoms with E-state index in [1.807, 2.05) is 30.4 Å². The fraction of sp³-hybridized carbons (Fsp3) is 0.265. The van der Waals surface area contributed by atoms with Gasteiger partial charge in [-0.3, -0.25) is 4.79 Å². The molecule has 6 nitrogen and oxygen atoms in total. The number of imidazole rings is 2. The number of hydrogen-bond acceptors (Lipinski definition) is 3. The Morgan fingerprint density at radius 2 is 1.73 bits per heavy atom. The lowest BCUT2D eigenvalue weighted by atomic mass is 9.83. The van der Waals surface area contributed by atoms with Gasteiger partial charge in [-0.25, -0.2) is 9.97 Å². The van der Waals surface area contributed by atoms with Gasteiger partial charge in [0.1, 0.15) is 11.6 Å². The number of benzene rings is 3. The molecule has 2 atom stereocenters. The van der Waals surface area contributed by atoms with Crippen molar-refractivity contribution in [3.63, 3.8) is 0 Å². The Bertz CT molecular complexity index is 1770. The van der Waals surface area contributed by atoms with Gasteiger partial charge in [0, 0.05) is 31.5 Å². The quantitative estimate of drug-likeness (QED) is 0.234. The van der Waals surface area contributed by atoms with Crippen LogP contribution in [-0.2, 0) is 31.2 Å². The highest BCUT2D eigenvalue weighted by atomic mass is 16.4. The molecule has 1 aliphatic carbocycles. The molecule has 5 aromatic rings. The molecule has 0 aliphatic heterocycles. The number of carboxylic acid groups (broad SMARTS) is 1. The van der Waals surface area contributed by atoms with Gasteiger partial charge in [-0.2, -0.15) is 0 Å². The minimum Gasteiger partial charge on any atom is -0.481 e. The molecular formula is C34H34N4O2. The third kappa shape index (κ3) is 4.64. The lowest BCUT2D eigenvalue weighted by Gasteiger charge is -2.21. The second kappa shape index (κ2) is 10.6. The topological polar surface area (TPSA) is 72.9 Å². The van der Waals surface area contributed by atoms with Gasteiger partial charge < -0.3 is 14.2 Å². The predicted molar refractivity (Wildman–Crippen MR) is 160 cm³/mol. The maximum atomic E-state index is 11.7. The number of hydrogen-bond donors (Lipinski definition) is 1. The number of carbonyl (C=O) groups is 1. The van der Waals surface area contributed by atoms with E-state index in [4.69, 9.17) is 9.97 Å². The number of fused-ring (bicyclic) bond motifs is 2. The van der Waals surface area contributed by atoms with Crippen LogP contribution in [0.2, 0.25) is 0 Å². The lowest BCUT2D eigenvalue weighted by Crippen LogP contribution is -2.20. The molecule has 0 saturated heterocycles. The van der Waals surface area contributed by atoms with E-state index in [0.29, 0.717) is 0 Å². The number of aliphatic carboxylic acids is 1. The molecule has 6 rings (SSSR count). The number of nitrogens with zero attached hydrogens (tertiary/aromatic N) is 4. The summed E-state index contributed by atoms with van der Waals surface area (Å²) >= 11 is 0. The monoisotopic (exact) mass is 530 g/mol. The van der Waals surface area contributed by atoms with E-state index >= 15 is 0 Å². The van der Waals surface area contributed by atoms with Gasteiger partial charge in [0.05, 0.1) is 28.0 Å². The first-order valence-corrected chi connectivity index (χ1v) is 14.0. The number of rotatable bonds is 8. The van der Waals surface area contributed by atoms with Crippen LogP contribution in [0.25, 0.3) is 33.5 Å². The molecule has 0 spiro atoms. The first-order valence-electron chi connectivity index (χ1n) is 14.0. The van der Waals surface area contributed by atoms with Gasteiger partial charge in [0.2, 0.25) is 0 Å². The highest BCUT2D eigenvalue weighted by molar-refractivity contribution is 5.87. The van der Waals surface area contributed by atoms with Crippen molar-refractivity contribution in [1.82, 2.24) is 19.1 Å². The van der Waals surface area contributed by atoms with Gasteiger partial charge in [-0.1, -0.05) is 67.6 Å². The van der Waals surface area contributed by atoms with Crippen LogP contribution in [0.5, 0.6) is 0 Å². The van der Waals surface area contributed by atoms with E-state index < -0.39 is 11.9 Å². The van der Waals surface area contributed by atoms with E-state index in [0.717, 1.165) is 76.2 Å². The van der Waals surface area contributed by atoms with Crippen molar-refractivity contribution in [2.24, 2.45) is 13.0 Å². The van der Waals surface area contributed by atoms with E-state index in [1.165, 1.54) is 5.56 Å². The SMILES string of the molecule is CCCc1nc2c(C)cc(-c3nc4ccccc4n3C)cc2n1CCc1ccc(C2C=CC=CC2C(=O)O)cc1. The Morgan fingerprint density at radius 1 is 0.950 bits per heavy atom. The minimum atomic E-state index is -0.793. The molecule has 6 heteroatoms. The Hall–Kier alpha value is -4.45. The van der Waals surface area contributed by atoms with Crippen LogP contribution in [0.3, 0.4) is 0 Å². The molecule has 0 saturated carbocycles. The normalized spacial score (nSPS) is 16.8. The maximum Gasteiger partial charge on any atom is 0.311 e. The standard InChI is InChI=1S/C34H34N4O2/c1-4-9-31-36-32-22(2)20-25(33-35-28-12-7-8-13-29(28)37(33)3)21-30(32)38(31)19-18-23-14-16-24(17-15-23)26-10-5-6-11-27(26)34(39)40/h5-8,10-17,20-21,26-27H,4,9,18-19H2,1-3H3,(H,39,40). The largest absolute Gasteiger partial charge is 0.481 e. The van der Waals surface area contributed by atoms with Crippen LogP contribution >= 0.6 is 0 Å². The molecule has 3 aromatic carbocycles. The van der Waals surface area contributed by atoms with E-state index in [2.05, 4.69) is 78.6 Å². The van der Waals surface area contributed by atoms with Crippen molar-refractivity contribution in [2.45, 2.75) is 45.6 Å². The second-order valence-electron chi connectivity index (χ2n) is 10.7. The Morgan fingerprint density at radius 3 is 2.48 bits per heavy atom. The van der Waals surface area contributed by atoms with Gasteiger partial charge in [-0.15, -0.1) is 0 Å². The molecule has 2 heterocycles. The zero-order valence-corrected chi connectivity index (χ0v) is 23.2. The fourth-order valence-corrected chi connectivity index (χ4v) is 5.95. The summed E-state index contributed by atoms with van der Waals surface area (Å²) in [6, 6.07) is 21.1. The molecule has 1 N–H and O–H groups in total. The zero-order valence-electron chi connectivity index (χ0n) is 23.2. The van der Waals surface area contributed by atoms with Gasteiger partial charge in [0.15, 0.2) is 0 Å². The first kappa shape index (κ1) is 25.8. The smallest absolute Gasteiger partial charge is 0.311 e. The number of aromatic nitrogens is 4. The van der Waals surface area contributed by atoms with Crippen LogP contribution in [-0.4, -0.2) is 30.2 Å². The highest BCUT2D eigenvalue weighted by Crippen LogP contribution is 2.32. The molecule has 2 aromatic heterocycles. The van der Waals surface area contributed by atoms with Crippen molar-refractivity contribution in [1.29, 1.82) is 0 Å². The molecule has 0 amide bonds. The third-order valence-corrected chi connectivity index (χ3v) is 8.05. The molecule has 1 aliphatic rings. The number of allylic oxidation sites excluding steroid dienone is 3. The van der Waals surface area contributed by atoms with Crippen molar-refractivity contribution in [3.8, 4) is 11.4 Å². The highest BCUT2D eigenvalue weighted by Gasteiger charge is 2.26. The molecule has 0 radical (unpaired) electrons. The molecule has 0 fully saturated rings. The fourth-order valence-electron chi connectivity index (χ4n) is 5.95. The molecule has 40 heavy (non-hydrogen) atoms. The Kier molecular flexibility index (Phi) is 6.84. The van der Waals surface area contributed by atoms with Crippen molar-refractivity contribution < 1.29 is 9.90 Å². The number of aryl methyl sites for hydroxylation is 5. The van der Waals surface area contributed by atoms with Gasteiger partial charge in [-0.05, 0) is 60.7 Å². The zero-order chi connectivity index (χ0) is 27.8. The minimum absolute atomic E-state index is 0.144.